The molecule has 1 aliphatic heterocycles. The Hall–Kier alpha value is -1.78. The first-order valence-corrected chi connectivity index (χ1v) is 7.41. The Kier molecular flexibility index (Phi) is 4.00. The van der Waals surface area contributed by atoms with Crippen molar-refractivity contribution in [2.45, 2.75) is 19.9 Å². The molecular weight excluding hydrogens is 261 g/mol. The smallest absolute Gasteiger partial charge is 0.423 e. The molecule has 0 saturated carbocycles. The van der Waals surface area contributed by atoms with Crippen LogP contribution in [0.2, 0.25) is 0 Å². The number of hydrogen-bond acceptors (Lipinski definition) is 3. The lowest BCUT2D eigenvalue weighted by Crippen LogP contribution is -2.34. The first kappa shape index (κ1) is 14.2. The number of para-hydroxylation sites is 1. The van der Waals surface area contributed by atoms with Crippen LogP contribution in [0.5, 0.6) is 0 Å². The fourth-order valence-corrected chi connectivity index (χ4v) is 3.07. The second kappa shape index (κ2) is 5.92. The minimum atomic E-state index is -1.39. The fourth-order valence-electron chi connectivity index (χ4n) is 3.07. The predicted molar refractivity (Wildman–Crippen MR) is 86.6 cm³/mol. The molecule has 0 amide bonds. The Morgan fingerprint density at radius 3 is 2.52 bits per heavy atom. The molecule has 0 spiro atoms. The third-order valence-corrected chi connectivity index (χ3v) is 4.08. The van der Waals surface area contributed by atoms with E-state index in [4.69, 9.17) is 10.0 Å². The minimum Gasteiger partial charge on any atom is -0.423 e. The average molecular weight is 281 g/mol. The molecule has 1 aliphatic rings. The van der Waals surface area contributed by atoms with Crippen molar-refractivity contribution >= 4 is 18.3 Å². The number of fused-ring (bicyclic) bond motifs is 1. The lowest BCUT2D eigenvalue weighted by molar-refractivity contribution is 0.426. The normalized spacial score (nSPS) is 17.5. The standard InChI is InChI=1S/C17H20BNO2/c1-13-10-15-4-2-3-5-17(15)19(11-13)12-14-6-8-16(9-7-14)18(20)21/h2-9,13,20-21H,10-12H2,1H3. The molecule has 0 fully saturated rings. The zero-order valence-electron chi connectivity index (χ0n) is 12.2. The van der Waals surface area contributed by atoms with Crippen molar-refractivity contribution in [1.82, 2.24) is 0 Å². The van der Waals surface area contributed by atoms with Crippen LogP contribution in [-0.4, -0.2) is 23.7 Å². The van der Waals surface area contributed by atoms with E-state index in [1.165, 1.54) is 16.8 Å². The molecule has 0 bridgehead atoms. The highest BCUT2D eigenvalue weighted by molar-refractivity contribution is 6.58. The van der Waals surface area contributed by atoms with Gasteiger partial charge in [-0.25, -0.2) is 0 Å². The maximum Gasteiger partial charge on any atom is 0.488 e. The van der Waals surface area contributed by atoms with Gasteiger partial charge in [-0.15, -0.1) is 0 Å². The third-order valence-electron chi connectivity index (χ3n) is 4.08. The van der Waals surface area contributed by atoms with Crippen LogP contribution in [0, 0.1) is 5.92 Å². The van der Waals surface area contributed by atoms with E-state index in [-0.39, 0.29) is 0 Å². The molecule has 0 aliphatic carbocycles. The summed E-state index contributed by atoms with van der Waals surface area (Å²) in [4.78, 5) is 2.41. The summed E-state index contributed by atoms with van der Waals surface area (Å²) >= 11 is 0. The first-order chi connectivity index (χ1) is 10.1. The maximum absolute atomic E-state index is 9.15. The highest BCUT2D eigenvalue weighted by Crippen LogP contribution is 2.30. The van der Waals surface area contributed by atoms with Crippen LogP contribution in [0.3, 0.4) is 0 Å². The van der Waals surface area contributed by atoms with E-state index in [0.717, 1.165) is 19.5 Å². The van der Waals surface area contributed by atoms with Crippen LogP contribution in [0.4, 0.5) is 5.69 Å². The molecule has 0 saturated heterocycles. The summed E-state index contributed by atoms with van der Waals surface area (Å²) in [5, 5.41) is 18.3. The van der Waals surface area contributed by atoms with Gasteiger partial charge in [0, 0.05) is 18.8 Å². The van der Waals surface area contributed by atoms with Crippen molar-refractivity contribution in [2.24, 2.45) is 5.92 Å². The van der Waals surface area contributed by atoms with Crippen molar-refractivity contribution < 1.29 is 10.0 Å². The van der Waals surface area contributed by atoms with Gasteiger partial charge in [-0.1, -0.05) is 49.4 Å². The summed E-state index contributed by atoms with van der Waals surface area (Å²) in [7, 11) is -1.39. The van der Waals surface area contributed by atoms with Crippen LogP contribution in [0.15, 0.2) is 48.5 Å². The number of rotatable bonds is 3. The molecule has 2 aromatic rings. The van der Waals surface area contributed by atoms with E-state index in [0.29, 0.717) is 11.4 Å². The van der Waals surface area contributed by atoms with Crippen molar-refractivity contribution in [2.75, 3.05) is 11.4 Å². The van der Waals surface area contributed by atoms with E-state index >= 15 is 0 Å². The van der Waals surface area contributed by atoms with Gasteiger partial charge in [-0.2, -0.15) is 0 Å². The third kappa shape index (κ3) is 3.12. The highest BCUT2D eigenvalue weighted by Gasteiger charge is 2.21. The van der Waals surface area contributed by atoms with Gasteiger partial charge in [-0.3, -0.25) is 0 Å². The summed E-state index contributed by atoms with van der Waals surface area (Å²) in [6, 6.07) is 16.1. The van der Waals surface area contributed by atoms with Gasteiger partial charge in [0.25, 0.3) is 0 Å². The summed E-state index contributed by atoms with van der Waals surface area (Å²) in [6.07, 6.45) is 1.14. The Balaban J connectivity index is 1.81. The van der Waals surface area contributed by atoms with Crippen molar-refractivity contribution in [1.29, 1.82) is 0 Å². The molecule has 1 unspecified atom stereocenters. The molecule has 0 aromatic heterocycles. The van der Waals surface area contributed by atoms with Gasteiger partial charge in [0.05, 0.1) is 0 Å². The summed E-state index contributed by atoms with van der Waals surface area (Å²) in [5.74, 6) is 0.651. The molecule has 108 valence electrons. The summed E-state index contributed by atoms with van der Waals surface area (Å²) < 4.78 is 0. The lowest BCUT2D eigenvalue weighted by atomic mass is 9.80. The van der Waals surface area contributed by atoms with E-state index < -0.39 is 7.12 Å². The Morgan fingerprint density at radius 1 is 1.10 bits per heavy atom. The largest absolute Gasteiger partial charge is 0.488 e. The number of nitrogens with zero attached hydrogens (tertiary/aromatic N) is 1. The van der Waals surface area contributed by atoms with Gasteiger partial charge in [0.2, 0.25) is 0 Å². The Bertz CT molecular complexity index is 612. The van der Waals surface area contributed by atoms with E-state index in [9.17, 15) is 0 Å². The molecule has 2 N–H and O–H groups in total. The van der Waals surface area contributed by atoms with Crippen molar-refractivity contribution in [3.05, 3.63) is 59.7 Å². The quantitative estimate of drug-likeness (QED) is 0.839. The van der Waals surface area contributed by atoms with Gasteiger partial charge >= 0.3 is 7.12 Å². The van der Waals surface area contributed by atoms with Gasteiger partial charge in [0.15, 0.2) is 0 Å². The van der Waals surface area contributed by atoms with E-state index in [1.54, 1.807) is 12.1 Å². The van der Waals surface area contributed by atoms with Crippen LogP contribution < -0.4 is 10.4 Å². The summed E-state index contributed by atoms with van der Waals surface area (Å²) in [5.41, 5.74) is 4.45. The zero-order chi connectivity index (χ0) is 14.8. The van der Waals surface area contributed by atoms with E-state index in [2.05, 4.69) is 36.1 Å². The molecule has 3 rings (SSSR count). The molecule has 1 heterocycles. The van der Waals surface area contributed by atoms with Crippen LogP contribution in [0.25, 0.3) is 0 Å². The van der Waals surface area contributed by atoms with Gasteiger partial charge in [0.1, 0.15) is 0 Å². The minimum absolute atomic E-state index is 0.533. The number of hydrogen-bond donors (Lipinski definition) is 2. The van der Waals surface area contributed by atoms with Crippen LogP contribution in [-0.2, 0) is 13.0 Å². The molecule has 21 heavy (non-hydrogen) atoms. The topological polar surface area (TPSA) is 43.7 Å². The SMILES string of the molecule is CC1Cc2ccccc2N(Cc2ccc(B(O)O)cc2)C1. The predicted octanol–water partition coefficient (Wildman–Crippen LogP) is 1.57. The highest BCUT2D eigenvalue weighted by atomic mass is 16.4. The maximum atomic E-state index is 9.15. The van der Waals surface area contributed by atoms with Gasteiger partial charge < -0.3 is 14.9 Å². The summed E-state index contributed by atoms with van der Waals surface area (Å²) in [6.45, 7) is 4.19. The lowest BCUT2D eigenvalue weighted by Gasteiger charge is -2.35. The van der Waals surface area contributed by atoms with Gasteiger partial charge in [-0.05, 0) is 35.0 Å². The Labute approximate surface area is 126 Å². The second-order valence-corrected chi connectivity index (χ2v) is 5.93. The average Bonchev–Trinajstić information content (AvgIpc) is 2.47. The molecule has 0 radical (unpaired) electrons. The number of anilines is 1. The Morgan fingerprint density at radius 2 is 1.81 bits per heavy atom. The molecule has 4 heteroatoms. The monoisotopic (exact) mass is 281 g/mol. The first-order valence-electron chi connectivity index (χ1n) is 7.41. The van der Waals surface area contributed by atoms with Crippen molar-refractivity contribution in [3.8, 4) is 0 Å². The van der Waals surface area contributed by atoms with Crippen LogP contribution >= 0.6 is 0 Å². The second-order valence-electron chi connectivity index (χ2n) is 5.93. The van der Waals surface area contributed by atoms with E-state index in [1.807, 2.05) is 12.1 Å². The molecule has 3 nitrogen and oxygen atoms in total. The number of benzene rings is 2. The molecular formula is C17H20BNO2. The fraction of sp³-hybridized carbons (Fsp3) is 0.294. The van der Waals surface area contributed by atoms with Crippen molar-refractivity contribution in [3.63, 3.8) is 0 Å². The zero-order valence-corrected chi connectivity index (χ0v) is 12.2. The molecule has 2 aromatic carbocycles. The van der Waals surface area contributed by atoms with Crippen LogP contribution in [0.1, 0.15) is 18.1 Å². The molecule has 1 atom stereocenters.